The second kappa shape index (κ2) is 6.92. The molecule has 3 rings (SSSR count). The number of nitrogen functional groups attached to an aromatic ring is 1. The van der Waals surface area contributed by atoms with Gasteiger partial charge in [-0.3, -0.25) is 0 Å². The molecule has 1 heterocycles. The monoisotopic (exact) mass is 326 g/mol. The van der Waals surface area contributed by atoms with E-state index >= 15 is 0 Å². The van der Waals surface area contributed by atoms with Crippen LogP contribution in [0.3, 0.4) is 0 Å². The van der Waals surface area contributed by atoms with Crippen molar-refractivity contribution in [1.82, 2.24) is 0 Å². The molecular formula is C16H20Cl2N2O. The van der Waals surface area contributed by atoms with E-state index in [1.54, 1.807) is 0 Å². The number of hydrogen-bond donors (Lipinski definition) is 1. The summed E-state index contributed by atoms with van der Waals surface area (Å²) in [5.74, 6) is 0. The van der Waals surface area contributed by atoms with E-state index in [9.17, 15) is 0 Å². The molecule has 0 aliphatic carbocycles. The van der Waals surface area contributed by atoms with Crippen LogP contribution in [0.4, 0.5) is 11.4 Å². The maximum atomic E-state index is 5.91. The second-order valence-electron chi connectivity index (χ2n) is 4.68. The summed E-state index contributed by atoms with van der Waals surface area (Å²) >= 11 is 0. The molecule has 0 aliphatic rings. The topological polar surface area (TPSA) is 42.4 Å². The molecule has 0 saturated heterocycles. The highest BCUT2D eigenvalue weighted by molar-refractivity contribution is 6.12. The van der Waals surface area contributed by atoms with E-state index in [0.29, 0.717) is 0 Å². The van der Waals surface area contributed by atoms with Crippen molar-refractivity contribution >= 4 is 58.1 Å². The number of nitrogens with two attached hydrogens (primary N) is 1. The van der Waals surface area contributed by atoms with Crippen LogP contribution in [-0.4, -0.2) is 13.1 Å². The number of furan rings is 1. The lowest BCUT2D eigenvalue weighted by molar-refractivity contribution is 0.669. The number of halogens is 2. The van der Waals surface area contributed by atoms with E-state index in [-0.39, 0.29) is 24.8 Å². The van der Waals surface area contributed by atoms with Gasteiger partial charge in [0.1, 0.15) is 11.2 Å². The molecule has 21 heavy (non-hydrogen) atoms. The number of anilines is 2. The van der Waals surface area contributed by atoms with E-state index in [0.717, 1.165) is 40.7 Å². The van der Waals surface area contributed by atoms with Gasteiger partial charge in [0.2, 0.25) is 0 Å². The quantitative estimate of drug-likeness (QED) is 0.699. The lowest BCUT2D eigenvalue weighted by Gasteiger charge is -2.21. The van der Waals surface area contributed by atoms with Gasteiger partial charge in [0.05, 0.1) is 5.39 Å². The minimum Gasteiger partial charge on any atom is -0.456 e. The molecule has 0 saturated carbocycles. The molecular weight excluding hydrogens is 307 g/mol. The summed E-state index contributed by atoms with van der Waals surface area (Å²) in [5, 5.41) is 2.26. The summed E-state index contributed by atoms with van der Waals surface area (Å²) in [6, 6.07) is 12.0. The van der Waals surface area contributed by atoms with Crippen molar-refractivity contribution in [3.05, 3.63) is 36.4 Å². The molecule has 0 unspecified atom stereocenters. The Hall–Kier alpha value is -1.58. The van der Waals surface area contributed by atoms with Crippen LogP contribution in [0.25, 0.3) is 21.9 Å². The third-order valence-corrected chi connectivity index (χ3v) is 3.60. The average molecular weight is 327 g/mol. The van der Waals surface area contributed by atoms with E-state index in [4.69, 9.17) is 10.2 Å². The highest BCUT2D eigenvalue weighted by Gasteiger charge is 2.14. The van der Waals surface area contributed by atoms with Crippen molar-refractivity contribution in [3.63, 3.8) is 0 Å². The van der Waals surface area contributed by atoms with Crippen LogP contribution in [-0.2, 0) is 0 Å². The first-order chi connectivity index (χ1) is 9.24. The highest BCUT2D eigenvalue weighted by Crippen LogP contribution is 2.36. The van der Waals surface area contributed by atoms with Gasteiger partial charge in [-0.25, -0.2) is 0 Å². The van der Waals surface area contributed by atoms with Gasteiger partial charge < -0.3 is 15.1 Å². The number of rotatable bonds is 3. The van der Waals surface area contributed by atoms with Crippen LogP contribution in [0.5, 0.6) is 0 Å². The molecule has 1 aromatic heterocycles. The van der Waals surface area contributed by atoms with Crippen LogP contribution in [0.1, 0.15) is 13.8 Å². The summed E-state index contributed by atoms with van der Waals surface area (Å²) in [6.45, 7) is 6.28. The van der Waals surface area contributed by atoms with Crippen molar-refractivity contribution in [2.45, 2.75) is 13.8 Å². The summed E-state index contributed by atoms with van der Waals surface area (Å²) in [6.07, 6.45) is 0. The van der Waals surface area contributed by atoms with Gasteiger partial charge in [-0.1, -0.05) is 6.07 Å². The first-order valence-electron chi connectivity index (χ1n) is 6.70. The lowest BCUT2D eigenvalue weighted by atomic mass is 10.1. The van der Waals surface area contributed by atoms with Crippen LogP contribution < -0.4 is 10.6 Å². The molecule has 0 fully saturated rings. The van der Waals surface area contributed by atoms with Gasteiger partial charge >= 0.3 is 0 Å². The molecule has 3 nitrogen and oxygen atoms in total. The molecule has 5 heteroatoms. The van der Waals surface area contributed by atoms with E-state index < -0.39 is 0 Å². The Balaban J connectivity index is 0.00000110. The molecule has 0 bridgehead atoms. The molecule has 0 aliphatic heterocycles. The highest BCUT2D eigenvalue weighted by atomic mass is 35.5. The molecule has 0 amide bonds. The molecule has 2 aromatic carbocycles. The fraction of sp³-hybridized carbons (Fsp3) is 0.250. The maximum absolute atomic E-state index is 5.91. The fourth-order valence-electron chi connectivity index (χ4n) is 2.65. The Kier molecular flexibility index (Phi) is 5.76. The van der Waals surface area contributed by atoms with Gasteiger partial charge in [-0.2, -0.15) is 0 Å². The Morgan fingerprint density at radius 3 is 2.38 bits per heavy atom. The van der Waals surface area contributed by atoms with Crippen LogP contribution in [0, 0.1) is 0 Å². The number of fused-ring (bicyclic) bond motifs is 3. The second-order valence-corrected chi connectivity index (χ2v) is 4.68. The molecule has 0 radical (unpaired) electrons. The van der Waals surface area contributed by atoms with E-state index in [1.807, 2.05) is 30.3 Å². The van der Waals surface area contributed by atoms with Gasteiger partial charge in [-0.05, 0) is 44.2 Å². The van der Waals surface area contributed by atoms with Crippen LogP contribution >= 0.6 is 24.8 Å². The Morgan fingerprint density at radius 1 is 1.00 bits per heavy atom. The zero-order chi connectivity index (χ0) is 13.4. The zero-order valence-corrected chi connectivity index (χ0v) is 13.8. The Bertz CT molecular complexity index is 736. The van der Waals surface area contributed by atoms with Gasteiger partial charge in [0.25, 0.3) is 0 Å². The first kappa shape index (κ1) is 17.5. The summed E-state index contributed by atoms with van der Waals surface area (Å²) < 4.78 is 5.91. The summed E-state index contributed by atoms with van der Waals surface area (Å²) in [7, 11) is 0. The summed E-state index contributed by atoms with van der Waals surface area (Å²) in [4.78, 5) is 2.33. The largest absolute Gasteiger partial charge is 0.456 e. The number of hydrogen-bond acceptors (Lipinski definition) is 3. The molecule has 0 spiro atoms. The Labute approximate surface area is 136 Å². The standard InChI is InChI=1S/C16H18N2O.2ClH/c1-3-18(4-2)13-6-5-7-15-16(13)12-10-11(17)8-9-14(12)19-15;;/h5-10H,3-4,17H2,1-2H3;2*1H. The Morgan fingerprint density at radius 2 is 1.71 bits per heavy atom. The predicted molar refractivity (Wildman–Crippen MR) is 96.2 cm³/mol. The first-order valence-corrected chi connectivity index (χ1v) is 6.70. The average Bonchev–Trinajstić information content (AvgIpc) is 2.78. The van der Waals surface area contributed by atoms with Crippen molar-refractivity contribution < 1.29 is 4.42 Å². The van der Waals surface area contributed by atoms with Crippen molar-refractivity contribution in [1.29, 1.82) is 0 Å². The van der Waals surface area contributed by atoms with Crippen molar-refractivity contribution in [2.75, 3.05) is 23.7 Å². The fourth-order valence-corrected chi connectivity index (χ4v) is 2.65. The normalized spacial score (nSPS) is 10.2. The van der Waals surface area contributed by atoms with Crippen molar-refractivity contribution in [3.8, 4) is 0 Å². The molecule has 3 aromatic rings. The third-order valence-electron chi connectivity index (χ3n) is 3.60. The smallest absolute Gasteiger partial charge is 0.137 e. The van der Waals surface area contributed by atoms with Crippen molar-refractivity contribution in [2.24, 2.45) is 0 Å². The van der Waals surface area contributed by atoms with Gasteiger partial charge in [0.15, 0.2) is 0 Å². The van der Waals surface area contributed by atoms with E-state index in [2.05, 4.69) is 24.8 Å². The lowest BCUT2D eigenvalue weighted by Crippen LogP contribution is -2.21. The SMILES string of the molecule is CCN(CC)c1cccc2oc3ccc(N)cc3c12.Cl.Cl. The predicted octanol–water partition coefficient (Wildman–Crippen LogP) is 4.86. The minimum absolute atomic E-state index is 0. The van der Waals surface area contributed by atoms with Gasteiger partial charge in [0, 0.05) is 29.9 Å². The number of nitrogens with zero attached hydrogens (tertiary/aromatic N) is 1. The van der Waals surface area contributed by atoms with Crippen LogP contribution in [0.15, 0.2) is 40.8 Å². The zero-order valence-electron chi connectivity index (χ0n) is 12.1. The molecule has 0 atom stereocenters. The number of benzene rings is 2. The molecule has 2 N–H and O–H groups in total. The van der Waals surface area contributed by atoms with E-state index in [1.165, 1.54) is 5.69 Å². The summed E-state index contributed by atoms with van der Waals surface area (Å²) in [5.41, 5.74) is 9.71. The van der Waals surface area contributed by atoms with Gasteiger partial charge in [-0.15, -0.1) is 24.8 Å². The van der Waals surface area contributed by atoms with Crippen LogP contribution in [0.2, 0.25) is 0 Å². The molecule has 114 valence electrons. The minimum atomic E-state index is 0. The maximum Gasteiger partial charge on any atom is 0.137 e. The third kappa shape index (κ3) is 2.89.